The van der Waals surface area contributed by atoms with Gasteiger partial charge >= 0.3 is 29.6 Å². The number of aromatic amines is 1. The normalized spacial score (nSPS) is 9.43. The van der Waals surface area contributed by atoms with Crippen molar-refractivity contribution in [1.82, 2.24) is 9.97 Å². The first-order valence-corrected chi connectivity index (χ1v) is 3.93. The van der Waals surface area contributed by atoms with Crippen molar-refractivity contribution in [2.24, 2.45) is 0 Å². The summed E-state index contributed by atoms with van der Waals surface area (Å²) >= 11 is 0. The van der Waals surface area contributed by atoms with Gasteiger partial charge in [-0.1, -0.05) is 18.7 Å². The summed E-state index contributed by atoms with van der Waals surface area (Å²) in [5, 5.41) is 0.605. The average molecular weight is 196 g/mol. The van der Waals surface area contributed by atoms with Gasteiger partial charge in [-0.15, -0.1) is 0 Å². The van der Waals surface area contributed by atoms with Crippen LogP contribution in [-0.2, 0) is 0 Å². The molecule has 0 aliphatic heterocycles. The quantitative estimate of drug-likeness (QED) is 0.575. The zero-order chi connectivity index (χ0) is 9.26. The number of rotatable bonds is 1. The first kappa shape index (κ1) is 11.2. The molecule has 0 saturated heterocycles. The summed E-state index contributed by atoms with van der Waals surface area (Å²) < 4.78 is 0. The van der Waals surface area contributed by atoms with Gasteiger partial charge < -0.3 is 6.41 Å². The Hall–Kier alpha value is -0.900. The zero-order valence-corrected chi connectivity index (χ0v) is 9.95. The number of nitrogens with one attached hydrogen (secondary N) is 1. The van der Waals surface area contributed by atoms with E-state index in [4.69, 9.17) is 0 Å². The van der Waals surface area contributed by atoms with Crippen LogP contribution >= 0.6 is 0 Å². The standard InChI is InChI=1S/C10H8N2O.Na.H/c1-2-9-11-8-6-4-3-5-7(8)10(13)12-9;;/h2-6H,1H2,(H,11,12,13);;/q;+1;-1. The molecule has 0 amide bonds. The summed E-state index contributed by atoms with van der Waals surface area (Å²) in [6.45, 7) is 3.55. The molecule has 0 atom stereocenters. The minimum absolute atomic E-state index is 0. The van der Waals surface area contributed by atoms with Gasteiger partial charge in [0.2, 0.25) is 0 Å². The molecular weight excluding hydrogens is 187 g/mol. The van der Waals surface area contributed by atoms with Crippen LogP contribution in [0.1, 0.15) is 7.25 Å². The molecule has 0 fully saturated rings. The van der Waals surface area contributed by atoms with Crippen LogP contribution in [0.3, 0.4) is 0 Å². The fourth-order valence-corrected chi connectivity index (χ4v) is 1.20. The molecule has 3 nitrogen and oxygen atoms in total. The summed E-state index contributed by atoms with van der Waals surface area (Å²) in [5.74, 6) is 0.503. The van der Waals surface area contributed by atoms with Crippen LogP contribution in [0.2, 0.25) is 0 Å². The van der Waals surface area contributed by atoms with Crippen molar-refractivity contribution in [2.45, 2.75) is 0 Å². The predicted octanol–water partition coefficient (Wildman–Crippen LogP) is -1.32. The number of fused-ring (bicyclic) bond motifs is 1. The Morgan fingerprint density at radius 1 is 1.43 bits per heavy atom. The molecule has 66 valence electrons. The molecule has 4 heteroatoms. The SMILES string of the molecule is C=Cc1nc2ccccc2c(=O)[nH]1.[H-].[Na+]. The van der Waals surface area contributed by atoms with Gasteiger partial charge in [-0.3, -0.25) is 4.79 Å². The van der Waals surface area contributed by atoms with E-state index >= 15 is 0 Å². The molecule has 1 N–H and O–H groups in total. The van der Waals surface area contributed by atoms with E-state index in [0.717, 1.165) is 0 Å². The van der Waals surface area contributed by atoms with Gasteiger partial charge in [-0.05, 0) is 18.2 Å². The Bertz CT molecular complexity index is 524. The molecule has 1 aromatic heterocycles. The van der Waals surface area contributed by atoms with Crippen molar-refractivity contribution in [3.8, 4) is 0 Å². The van der Waals surface area contributed by atoms with Crippen LogP contribution in [0, 0.1) is 0 Å². The second kappa shape index (κ2) is 4.55. The fraction of sp³-hybridized carbons (Fsp3) is 0. The summed E-state index contributed by atoms with van der Waals surface area (Å²) in [6.07, 6.45) is 1.52. The van der Waals surface area contributed by atoms with E-state index in [0.29, 0.717) is 16.7 Å². The van der Waals surface area contributed by atoms with E-state index in [1.54, 1.807) is 12.1 Å². The molecule has 0 unspecified atom stereocenters. The van der Waals surface area contributed by atoms with Crippen LogP contribution in [0.4, 0.5) is 0 Å². The van der Waals surface area contributed by atoms with E-state index in [1.807, 2.05) is 12.1 Å². The minimum Gasteiger partial charge on any atom is -1.00 e. The van der Waals surface area contributed by atoms with Crippen LogP contribution in [0.25, 0.3) is 17.0 Å². The number of hydrogen-bond donors (Lipinski definition) is 1. The van der Waals surface area contributed by atoms with Crippen molar-refractivity contribution in [3.05, 3.63) is 47.0 Å². The molecule has 1 heterocycles. The molecule has 0 aliphatic rings. The third kappa shape index (κ3) is 1.95. The first-order valence-electron chi connectivity index (χ1n) is 3.93. The maximum Gasteiger partial charge on any atom is 1.00 e. The monoisotopic (exact) mass is 196 g/mol. The molecular formula is C10H9N2NaO. The van der Waals surface area contributed by atoms with Gasteiger partial charge in [0.25, 0.3) is 5.56 Å². The van der Waals surface area contributed by atoms with Crippen molar-refractivity contribution in [1.29, 1.82) is 0 Å². The van der Waals surface area contributed by atoms with E-state index in [9.17, 15) is 4.79 Å². The average Bonchev–Trinajstić information content (AvgIpc) is 2.18. The maximum absolute atomic E-state index is 11.4. The van der Waals surface area contributed by atoms with E-state index in [-0.39, 0.29) is 36.5 Å². The molecule has 14 heavy (non-hydrogen) atoms. The Kier molecular flexibility index (Phi) is 3.63. The third-order valence-electron chi connectivity index (χ3n) is 1.82. The Morgan fingerprint density at radius 3 is 2.86 bits per heavy atom. The van der Waals surface area contributed by atoms with Crippen LogP contribution < -0.4 is 35.1 Å². The molecule has 1 aromatic carbocycles. The molecule has 0 saturated carbocycles. The Labute approximate surface area is 105 Å². The third-order valence-corrected chi connectivity index (χ3v) is 1.82. The number of hydrogen-bond acceptors (Lipinski definition) is 2. The molecule has 0 radical (unpaired) electrons. The van der Waals surface area contributed by atoms with Crippen LogP contribution in [0.5, 0.6) is 0 Å². The van der Waals surface area contributed by atoms with Crippen molar-refractivity contribution in [2.75, 3.05) is 0 Å². The van der Waals surface area contributed by atoms with Gasteiger partial charge in [0.05, 0.1) is 10.9 Å². The molecule has 0 aliphatic carbocycles. The number of para-hydroxylation sites is 1. The first-order chi connectivity index (χ1) is 6.31. The van der Waals surface area contributed by atoms with Crippen molar-refractivity contribution >= 4 is 17.0 Å². The number of H-pyrrole nitrogens is 1. The summed E-state index contributed by atoms with van der Waals surface area (Å²) in [5.41, 5.74) is 0.571. The van der Waals surface area contributed by atoms with Gasteiger partial charge in [-0.25, -0.2) is 4.98 Å². The molecule has 0 spiro atoms. The van der Waals surface area contributed by atoms with E-state index in [1.165, 1.54) is 6.08 Å². The molecule has 0 bridgehead atoms. The van der Waals surface area contributed by atoms with E-state index in [2.05, 4.69) is 16.5 Å². The van der Waals surface area contributed by atoms with Gasteiger partial charge in [0.1, 0.15) is 5.82 Å². The van der Waals surface area contributed by atoms with Gasteiger partial charge in [-0.2, -0.15) is 0 Å². The topological polar surface area (TPSA) is 45.8 Å². The minimum atomic E-state index is -0.125. The number of benzene rings is 1. The molecule has 2 rings (SSSR count). The van der Waals surface area contributed by atoms with Gasteiger partial charge in [0, 0.05) is 0 Å². The number of aromatic nitrogens is 2. The van der Waals surface area contributed by atoms with Gasteiger partial charge in [0.15, 0.2) is 0 Å². The van der Waals surface area contributed by atoms with Crippen molar-refractivity contribution < 1.29 is 31.0 Å². The smallest absolute Gasteiger partial charge is 1.00 e. The van der Waals surface area contributed by atoms with E-state index < -0.39 is 0 Å². The summed E-state index contributed by atoms with van der Waals surface area (Å²) in [4.78, 5) is 18.2. The second-order valence-electron chi connectivity index (χ2n) is 2.67. The molecule has 2 aromatic rings. The van der Waals surface area contributed by atoms with Crippen LogP contribution in [-0.4, -0.2) is 9.97 Å². The fourth-order valence-electron chi connectivity index (χ4n) is 1.20. The Morgan fingerprint density at radius 2 is 2.14 bits per heavy atom. The largest absolute Gasteiger partial charge is 1.00 e. The predicted molar refractivity (Wildman–Crippen MR) is 53.6 cm³/mol. The second-order valence-corrected chi connectivity index (χ2v) is 2.67. The van der Waals surface area contributed by atoms with Crippen molar-refractivity contribution in [3.63, 3.8) is 0 Å². The Balaban J connectivity index is 0.000000980. The van der Waals surface area contributed by atoms with Crippen LogP contribution in [0.15, 0.2) is 35.6 Å². The summed E-state index contributed by atoms with van der Waals surface area (Å²) in [7, 11) is 0. The number of nitrogens with zero attached hydrogens (tertiary/aromatic N) is 1. The zero-order valence-electron chi connectivity index (χ0n) is 8.95. The summed E-state index contributed by atoms with van der Waals surface area (Å²) in [6, 6.07) is 7.21. The maximum atomic E-state index is 11.4.